The number of amides is 3. The molecule has 0 aliphatic heterocycles. The topological polar surface area (TPSA) is 111 Å². The number of urea groups is 1. The lowest BCUT2D eigenvalue weighted by Gasteiger charge is -2.37. The van der Waals surface area contributed by atoms with Gasteiger partial charge in [0.05, 0.1) is 11.1 Å². The number of aryl methyl sites for hydroxylation is 1. The van der Waals surface area contributed by atoms with E-state index < -0.39 is 24.0 Å². The van der Waals surface area contributed by atoms with E-state index in [-0.39, 0.29) is 5.41 Å². The van der Waals surface area contributed by atoms with E-state index in [9.17, 15) is 14.4 Å². The second kappa shape index (κ2) is 8.42. The van der Waals surface area contributed by atoms with Gasteiger partial charge >= 0.3 is 12.0 Å². The number of pyridine rings is 1. The molecule has 0 radical (unpaired) electrons. The van der Waals surface area contributed by atoms with Gasteiger partial charge in [0.15, 0.2) is 6.10 Å². The molecule has 160 valence electrons. The van der Waals surface area contributed by atoms with Gasteiger partial charge in [0.2, 0.25) is 0 Å². The van der Waals surface area contributed by atoms with Crippen LogP contribution in [0.1, 0.15) is 62.2 Å². The molecule has 0 saturated carbocycles. The molecule has 30 heavy (non-hydrogen) atoms. The quantitative estimate of drug-likeness (QED) is 0.731. The third-order valence-electron chi connectivity index (χ3n) is 6.38. The lowest BCUT2D eigenvalue weighted by atomic mass is 9.68. The highest BCUT2D eigenvalue weighted by atomic mass is 16.5. The van der Waals surface area contributed by atoms with Gasteiger partial charge in [0.25, 0.3) is 5.91 Å². The maximum Gasteiger partial charge on any atom is 0.339 e. The van der Waals surface area contributed by atoms with Crippen molar-refractivity contribution in [3.05, 3.63) is 41.1 Å². The van der Waals surface area contributed by atoms with Crippen molar-refractivity contribution in [2.75, 3.05) is 0 Å². The predicted octanol–water partition coefficient (Wildman–Crippen LogP) is 3.52. The van der Waals surface area contributed by atoms with Crippen LogP contribution in [0.3, 0.4) is 0 Å². The largest absolute Gasteiger partial charge is 0.449 e. The number of primary amides is 1. The van der Waals surface area contributed by atoms with Crippen molar-refractivity contribution in [2.24, 2.45) is 17.1 Å². The molecule has 1 aromatic heterocycles. The summed E-state index contributed by atoms with van der Waals surface area (Å²) in [6.45, 7) is 8.11. The van der Waals surface area contributed by atoms with Gasteiger partial charge in [-0.2, -0.15) is 0 Å². The fraction of sp³-hybridized carbons (Fsp3) is 0.478. The number of para-hydroxylation sites is 1. The number of ether oxygens (including phenoxy) is 1. The number of nitrogens with zero attached hydrogens (tertiary/aromatic N) is 1. The molecule has 1 aliphatic rings. The molecule has 2 atom stereocenters. The Hall–Kier alpha value is -2.96. The van der Waals surface area contributed by atoms with Gasteiger partial charge in [0, 0.05) is 11.1 Å². The van der Waals surface area contributed by atoms with Crippen molar-refractivity contribution in [1.82, 2.24) is 10.3 Å². The molecular formula is C23H29N3O4. The third kappa shape index (κ3) is 4.30. The fourth-order valence-electron chi connectivity index (χ4n) is 4.07. The second-order valence-electron chi connectivity index (χ2n) is 8.61. The van der Waals surface area contributed by atoms with E-state index in [0.717, 1.165) is 42.5 Å². The van der Waals surface area contributed by atoms with Crippen LogP contribution in [-0.2, 0) is 22.4 Å². The zero-order chi connectivity index (χ0) is 22.1. The molecule has 1 aromatic carbocycles. The van der Waals surface area contributed by atoms with Gasteiger partial charge in [-0.1, -0.05) is 45.4 Å². The molecule has 3 rings (SSSR count). The SMILES string of the molecule is CCC(C)(C)[C@H]1CCc2nc3ccccc3c(C(=O)O[C@H](C)C(=O)NC(N)=O)c2C1. The molecule has 1 heterocycles. The van der Waals surface area contributed by atoms with Crippen molar-refractivity contribution in [3.63, 3.8) is 0 Å². The summed E-state index contributed by atoms with van der Waals surface area (Å²) in [5, 5.41) is 2.65. The first kappa shape index (κ1) is 21.7. The Morgan fingerprint density at radius 3 is 2.67 bits per heavy atom. The predicted molar refractivity (Wildman–Crippen MR) is 114 cm³/mol. The van der Waals surface area contributed by atoms with Gasteiger partial charge in [-0.25, -0.2) is 9.59 Å². The average molecular weight is 412 g/mol. The number of nitrogens with two attached hydrogens (primary N) is 1. The summed E-state index contributed by atoms with van der Waals surface area (Å²) in [4.78, 5) is 40.9. The summed E-state index contributed by atoms with van der Waals surface area (Å²) in [5.74, 6) is -0.930. The van der Waals surface area contributed by atoms with Crippen molar-refractivity contribution in [2.45, 2.75) is 59.5 Å². The Labute approximate surface area is 176 Å². The minimum absolute atomic E-state index is 0.138. The zero-order valence-corrected chi connectivity index (χ0v) is 18.0. The van der Waals surface area contributed by atoms with Crippen molar-refractivity contribution < 1.29 is 19.1 Å². The summed E-state index contributed by atoms with van der Waals surface area (Å²) in [6, 6.07) is 6.47. The molecule has 0 spiro atoms. The second-order valence-corrected chi connectivity index (χ2v) is 8.61. The van der Waals surface area contributed by atoms with E-state index >= 15 is 0 Å². The molecule has 1 aliphatic carbocycles. The van der Waals surface area contributed by atoms with Crippen LogP contribution in [-0.4, -0.2) is 29.0 Å². The van der Waals surface area contributed by atoms with Gasteiger partial charge in [0.1, 0.15) is 0 Å². The molecule has 7 nitrogen and oxygen atoms in total. The van der Waals surface area contributed by atoms with Crippen LogP contribution >= 0.6 is 0 Å². The first-order valence-corrected chi connectivity index (χ1v) is 10.4. The molecule has 3 N–H and O–H groups in total. The highest BCUT2D eigenvalue weighted by Crippen LogP contribution is 2.41. The first-order valence-electron chi connectivity index (χ1n) is 10.4. The van der Waals surface area contributed by atoms with Crippen molar-refractivity contribution in [1.29, 1.82) is 0 Å². The number of hydrogen-bond donors (Lipinski definition) is 2. The van der Waals surface area contributed by atoms with Crippen LogP contribution in [0.5, 0.6) is 0 Å². The Morgan fingerprint density at radius 1 is 1.30 bits per heavy atom. The van der Waals surface area contributed by atoms with Gasteiger partial charge < -0.3 is 10.5 Å². The molecule has 0 fully saturated rings. The molecule has 0 bridgehead atoms. The minimum Gasteiger partial charge on any atom is -0.449 e. The molecular weight excluding hydrogens is 382 g/mol. The summed E-state index contributed by atoms with van der Waals surface area (Å²) in [5.41, 5.74) is 8.13. The Bertz CT molecular complexity index is 999. The van der Waals surface area contributed by atoms with E-state index in [2.05, 4.69) is 20.8 Å². The Morgan fingerprint density at radius 2 is 2.00 bits per heavy atom. The van der Waals surface area contributed by atoms with E-state index in [4.69, 9.17) is 15.5 Å². The Kier molecular flexibility index (Phi) is 6.10. The number of imide groups is 1. The van der Waals surface area contributed by atoms with Crippen LogP contribution < -0.4 is 11.1 Å². The van der Waals surface area contributed by atoms with Gasteiger partial charge in [-0.3, -0.25) is 15.1 Å². The number of hydrogen-bond acceptors (Lipinski definition) is 5. The summed E-state index contributed by atoms with van der Waals surface area (Å²) in [6.07, 6.45) is 2.44. The van der Waals surface area contributed by atoms with E-state index in [1.165, 1.54) is 6.92 Å². The number of benzene rings is 1. The molecule has 2 aromatic rings. The van der Waals surface area contributed by atoms with Crippen molar-refractivity contribution in [3.8, 4) is 0 Å². The van der Waals surface area contributed by atoms with Crippen LogP contribution in [0.2, 0.25) is 0 Å². The normalized spacial score (nSPS) is 17.1. The van der Waals surface area contributed by atoms with Crippen LogP contribution in [0.4, 0.5) is 4.79 Å². The van der Waals surface area contributed by atoms with E-state index in [1.54, 1.807) is 0 Å². The monoisotopic (exact) mass is 411 g/mol. The fourth-order valence-corrected chi connectivity index (χ4v) is 4.07. The first-order chi connectivity index (χ1) is 14.1. The van der Waals surface area contributed by atoms with Crippen LogP contribution in [0, 0.1) is 11.3 Å². The van der Waals surface area contributed by atoms with Gasteiger partial charge in [-0.05, 0) is 49.1 Å². The number of nitrogens with one attached hydrogen (secondary N) is 1. The molecule has 0 unspecified atom stereocenters. The van der Waals surface area contributed by atoms with E-state index in [1.807, 2.05) is 29.6 Å². The lowest BCUT2D eigenvalue weighted by Crippen LogP contribution is -2.42. The van der Waals surface area contributed by atoms with Crippen LogP contribution in [0.15, 0.2) is 24.3 Å². The molecule has 3 amide bonds. The number of aromatic nitrogens is 1. The zero-order valence-electron chi connectivity index (χ0n) is 18.0. The maximum atomic E-state index is 13.2. The highest BCUT2D eigenvalue weighted by molar-refractivity contribution is 6.06. The number of fused-ring (bicyclic) bond motifs is 2. The van der Waals surface area contributed by atoms with Gasteiger partial charge in [-0.15, -0.1) is 0 Å². The summed E-state index contributed by atoms with van der Waals surface area (Å²) in [7, 11) is 0. The standard InChI is InChI=1S/C23H29N3O4/c1-5-23(3,4)14-10-11-18-16(12-14)19(15-8-6-7-9-17(15)25-18)21(28)30-13(2)20(27)26-22(24)29/h6-9,13-14H,5,10-12H2,1-4H3,(H3,24,26,27,29)/t13-,14+/m1/s1. The number of carbonyl (C=O) groups excluding carboxylic acids is 3. The number of carbonyl (C=O) groups is 3. The smallest absolute Gasteiger partial charge is 0.339 e. The lowest BCUT2D eigenvalue weighted by molar-refractivity contribution is -0.127. The van der Waals surface area contributed by atoms with Crippen LogP contribution in [0.25, 0.3) is 10.9 Å². The number of esters is 1. The highest BCUT2D eigenvalue weighted by Gasteiger charge is 2.35. The minimum atomic E-state index is -1.15. The third-order valence-corrected chi connectivity index (χ3v) is 6.38. The average Bonchev–Trinajstić information content (AvgIpc) is 2.70. The Balaban J connectivity index is 2.02. The maximum absolute atomic E-state index is 13.2. The molecule has 0 saturated heterocycles. The number of rotatable bonds is 5. The molecule has 7 heteroatoms. The summed E-state index contributed by atoms with van der Waals surface area (Å²) < 4.78 is 5.43. The van der Waals surface area contributed by atoms with Crippen molar-refractivity contribution >= 4 is 28.8 Å². The van der Waals surface area contributed by atoms with E-state index in [0.29, 0.717) is 16.9 Å². The summed E-state index contributed by atoms with van der Waals surface area (Å²) >= 11 is 0.